The highest BCUT2D eigenvalue weighted by molar-refractivity contribution is 5.13. The van der Waals surface area contributed by atoms with Crippen LogP contribution >= 0.6 is 0 Å². The predicted molar refractivity (Wildman–Crippen MR) is 48.2 cm³/mol. The zero-order valence-electron chi connectivity index (χ0n) is 7.78. The van der Waals surface area contributed by atoms with Gasteiger partial charge in [-0.2, -0.15) is 0 Å². The highest BCUT2D eigenvalue weighted by atomic mass is 16.3. The van der Waals surface area contributed by atoms with E-state index in [1.807, 2.05) is 13.8 Å². The van der Waals surface area contributed by atoms with Crippen molar-refractivity contribution in [3.05, 3.63) is 0 Å². The van der Waals surface area contributed by atoms with Crippen LogP contribution in [0.15, 0.2) is 0 Å². The van der Waals surface area contributed by atoms with Gasteiger partial charge < -0.3 is 5.11 Å². The molecule has 1 nitrogen and oxygen atoms in total. The van der Waals surface area contributed by atoms with Crippen LogP contribution in [-0.2, 0) is 0 Å². The van der Waals surface area contributed by atoms with Crippen LogP contribution in [0, 0.1) is 11.8 Å². The molecule has 0 radical (unpaired) electrons. The lowest BCUT2D eigenvalue weighted by molar-refractivity contribution is 0.110. The Hall–Kier alpha value is -0.480. The van der Waals surface area contributed by atoms with Crippen molar-refractivity contribution in [1.82, 2.24) is 0 Å². The van der Waals surface area contributed by atoms with Gasteiger partial charge in [-0.3, -0.25) is 0 Å². The van der Waals surface area contributed by atoms with Crippen LogP contribution in [-0.4, -0.2) is 10.7 Å². The summed E-state index contributed by atoms with van der Waals surface area (Å²) < 4.78 is 0. The Morgan fingerprint density at radius 1 is 1.18 bits per heavy atom. The minimum atomic E-state index is -0.616. The van der Waals surface area contributed by atoms with Crippen molar-refractivity contribution >= 4 is 0 Å². The highest BCUT2D eigenvalue weighted by Gasteiger charge is 2.28. The first-order valence-corrected chi connectivity index (χ1v) is 4.43. The molecule has 0 atom stereocenters. The number of hydrogen-bond acceptors (Lipinski definition) is 1. The molecule has 1 aliphatic carbocycles. The fourth-order valence-corrected chi connectivity index (χ4v) is 1.32. The lowest BCUT2D eigenvalue weighted by Crippen LogP contribution is -2.20. The summed E-state index contributed by atoms with van der Waals surface area (Å²) in [6.07, 6.45) is 4.00. The van der Waals surface area contributed by atoms with Gasteiger partial charge >= 0.3 is 0 Å². The molecule has 0 unspecified atom stereocenters. The molecule has 11 heavy (non-hydrogen) atoms. The molecule has 0 aromatic rings. The molecule has 1 aliphatic rings. The fourth-order valence-electron chi connectivity index (χ4n) is 1.32. The largest absolute Gasteiger partial charge is 0.378 e. The van der Waals surface area contributed by atoms with E-state index in [4.69, 9.17) is 0 Å². The van der Waals surface area contributed by atoms with Crippen molar-refractivity contribution in [3.8, 4) is 11.8 Å². The number of aliphatic hydroxyl groups is 1. The summed E-state index contributed by atoms with van der Waals surface area (Å²) in [4.78, 5) is 0. The maximum absolute atomic E-state index is 9.52. The van der Waals surface area contributed by atoms with E-state index in [9.17, 15) is 5.11 Å². The standard InChI is InChI=1S/C8H12O.C2H6/c1-2-5-8(9)6-3-4-7-8;1-2/h9H,3-4,6-7H2,1H3;1-2H3. The number of rotatable bonds is 0. The summed E-state index contributed by atoms with van der Waals surface area (Å²) in [5.41, 5.74) is -0.616. The van der Waals surface area contributed by atoms with E-state index in [1.54, 1.807) is 6.92 Å². The first-order chi connectivity index (χ1) is 5.27. The van der Waals surface area contributed by atoms with Gasteiger partial charge in [-0.25, -0.2) is 0 Å². The summed E-state index contributed by atoms with van der Waals surface area (Å²) in [6.45, 7) is 5.77. The third-order valence-electron chi connectivity index (χ3n) is 1.79. The van der Waals surface area contributed by atoms with Crippen LogP contribution in [0.5, 0.6) is 0 Å². The second kappa shape index (κ2) is 5.21. The molecule has 0 aromatic carbocycles. The second-order valence-corrected chi connectivity index (χ2v) is 2.61. The summed E-state index contributed by atoms with van der Waals surface area (Å²) >= 11 is 0. The summed E-state index contributed by atoms with van der Waals surface area (Å²) in [5, 5.41) is 9.52. The molecule has 0 aliphatic heterocycles. The molecular weight excluding hydrogens is 136 g/mol. The van der Waals surface area contributed by atoms with Crippen molar-refractivity contribution in [2.75, 3.05) is 0 Å². The Bertz CT molecular complexity index is 144. The Kier molecular flexibility index (Phi) is 4.98. The van der Waals surface area contributed by atoms with E-state index in [-0.39, 0.29) is 0 Å². The lowest BCUT2D eigenvalue weighted by Gasteiger charge is -2.12. The maximum atomic E-state index is 9.52. The number of hydrogen-bond donors (Lipinski definition) is 1. The maximum Gasteiger partial charge on any atom is 0.125 e. The van der Waals surface area contributed by atoms with Crippen molar-refractivity contribution in [2.45, 2.75) is 52.1 Å². The molecule has 0 heterocycles. The van der Waals surface area contributed by atoms with E-state index < -0.39 is 5.60 Å². The Morgan fingerprint density at radius 3 is 2.00 bits per heavy atom. The molecule has 64 valence electrons. The van der Waals surface area contributed by atoms with E-state index in [1.165, 1.54) is 0 Å². The Balaban J connectivity index is 0.000000461. The topological polar surface area (TPSA) is 20.2 Å². The second-order valence-electron chi connectivity index (χ2n) is 2.61. The van der Waals surface area contributed by atoms with Gasteiger partial charge in [0.25, 0.3) is 0 Å². The van der Waals surface area contributed by atoms with Gasteiger partial charge in [-0.15, -0.1) is 5.92 Å². The minimum absolute atomic E-state index is 0.616. The molecule has 1 saturated carbocycles. The van der Waals surface area contributed by atoms with Crippen LogP contribution in [0.2, 0.25) is 0 Å². The average Bonchev–Trinajstić information content (AvgIpc) is 2.41. The van der Waals surface area contributed by atoms with Crippen molar-refractivity contribution in [3.63, 3.8) is 0 Å². The predicted octanol–water partition coefficient (Wildman–Crippen LogP) is 2.34. The Labute approximate surface area is 69.8 Å². The van der Waals surface area contributed by atoms with Crippen molar-refractivity contribution in [2.24, 2.45) is 0 Å². The van der Waals surface area contributed by atoms with E-state index in [2.05, 4.69) is 11.8 Å². The lowest BCUT2D eigenvalue weighted by atomic mass is 10.0. The fraction of sp³-hybridized carbons (Fsp3) is 0.800. The minimum Gasteiger partial charge on any atom is -0.378 e. The highest BCUT2D eigenvalue weighted by Crippen LogP contribution is 2.28. The van der Waals surface area contributed by atoms with Crippen LogP contribution in [0.1, 0.15) is 46.5 Å². The van der Waals surface area contributed by atoms with Crippen molar-refractivity contribution in [1.29, 1.82) is 0 Å². The molecule has 0 amide bonds. The normalized spacial score (nSPS) is 19.3. The van der Waals surface area contributed by atoms with Crippen molar-refractivity contribution < 1.29 is 5.11 Å². The quantitative estimate of drug-likeness (QED) is 0.531. The van der Waals surface area contributed by atoms with Gasteiger partial charge in [0.2, 0.25) is 0 Å². The van der Waals surface area contributed by atoms with Gasteiger partial charge in [0.05, 0.1) is 0 Å². The van der Waals surface area contributed by atoms with E-state index in [0.29, 0.717) is 0 Å². The summed E-state index contributed by atoms with van der Waals surface area (Å²) in [7, 11) is 0. The first kappa shape index (κ1) is 10.5. The molecule has 1 rings (SSSR count). The zero-order chi connectivity index (χ0) is 8.74. The molecule has 0 bridgehead atoms. The zero-order valence-corrected chi connectivity index (χ0v) is 7.78. The van der Waals surface area contributed by atoms with E-state index in [0.717, 1.165) is 25.7 Å². The van der Waals surface area contributed by atoms with Gasteiger partial charge in [-0.1, -0.05) is 19.8 Å². The van der Waals surface area contributed by atoms with Crippen LogP contribution in [0.3, 0.4) is 0 Å². The summed E-state index contributed by atoms with van der Waals surface area (Å²) in [5.74, 6) is 5.58. The Morgan fingerprint density at radius 2 is 1.64 bits per heavy atom. The third-order valence-corrected chi connectivity index (χ3v) is 1.79. The van der Waals surface area contributed by atoms with Gasteiger partial charge in [0.1, 0.15) is 5.60 Å². The molecule has 1 fully saturated rings. The van der Waals surface area contributed by atoms with Crippen LogP contribution < -0.4 is 0 Å². The van der Waals surface area contributed by atoms with Crippen LogP contribution in [0.4, 0.5) is 0 Å². The third kappa shape index (κ3) is 3.43. The smallest absolute Gasteiger partial charge is 0.125 e. The molecule has 0 saturated heterocycles. The average molecular weight is 154 g/mol. The molecule has 0 spiro atoms. The van der Waals surface area contributed by atoms with Gasteiger partial charge in [0.15, 0.2) is 0 Å². The molecule has 1 N–H and O–H groups in total. The first-order valence-electron chi connectivity index (χ1n) is 4.43. The molecule has 0 aromatic heterocycles. The van der Waals surface area contributed by atoms with Gasteiger partial charge in [-0.05, 0) is 32.6 Å². The SMILES string of the molecule is CC.CC#CC1(O)CCCC1. The summed E-state index contributed by atoms with van der Waals surface area (Å²) in [6, 6.07) is 0. The van der Waals surface area contributed by atoms with Gasteiger partial charge in [0, 0.05) is 0 Å². The molecular formula is C10H18O. The monoisotopic (exact) mass is 154 g/mol. The van der Waals surface area contributed by atoms with E-state index >= 15 is 0 Å². The van der Waals surface area contributed by atoms with Crippen LogP contribution in [0.25, 0.3) is 0 Å². The molecule has 1 heteroatoms.